The molecule has 0 saturated carbocycles. The predicted octanol–water partition coefficient (Wildman–Crippen LogP) is 2.47. The Bertz CT molecular complexity index is 364. The second-order valence-electron chi connectivity index (χ2n) is 4.14. The lowest BCUT2D eigenvalue weighted by molar-refractivity contribution is -0.0409. The van der Waals surface area contributed by atoms with E-state index in [1.54, 1.807) is 12.1 Å². The third-order valence-electron chi connectivity index (χ3n) is 2.47. The van der Waals surface area contributed by atoms with Crippen LogP contribution in [-0.2, 0) is 10.3 Å². The molecule has 0 fully saturated rings. The average molecular weight is 242 g/mol. The maximum absolute atomic E-state index is 13.7. The van der Waals surface area contributed by atoms with Gasteiger partial charge in [-0.3, -0.25) is 0 Å². The van der Waals surface area contributed by atoms with Gasteiger partial charge < -0.3 is 14.6 Å². The molecule has 0 spiro atoms. The van der Waals surface area contributed by atoms with Crippen LogP contribution in [0.15, 0.2) is 18.2 Å². The Labute approximate surface area is 101 Å². The van der Waals surface area contributed by atoms with E-state index < -0.39 is 11.4 Å². The Hall–Kier alpha value is -1.13. The summed E-state index contributed by atoms with van der Waals surface area (Å²) in [5, 5.41) is 10.3. The van der Waals surface area contributed by atoms with Gasteiger partial charge in [0.2, 0.25) is 0 Å². The van der Waals surface area contributed by atoms with Crippen molar-refractivity contribution in [2.24, 2.45) is 0 Å². The van der Waals surface area contributed by atoms with Gasteiger partial charge in [-0.15, -0.1) is 0 Å². The topological polar surface area (TPSA) is 38.7 Å². The molecule has 96 valence electrons. The zero-order chi connectivity index (χ0) is 12.9. The van der Waals surface area contributed by atoms with Crippen molar-refractivity contribution in [1.29, 1.82) is 0 Å². The summed E-state index contributed by atoms with van der Waals surface area (Å²) < 4.78 is 24.1. The molecule has 0 amide bonds. The first-order chi connectivity index (χ1) is 8.03. The van der Waals surface area contributed by atoms with Crippen LogP contribution in [0.1, 0.15) is 25.8 Å². The van der Waals surface area contributed by atoms with Crippen LogP contribution in [0.4, 0.5) is 4.39 Å². The molecule has 0 aromatic heterocycles. The van der Waals surface area contributed by atoms with Crippen molar-refractivity contribution >= 4 is 0 Å². The number of benzene rings is 1. The molecule has 1 rings (SSSR count). The average Bonchev–Trinajstić information content (AvgIpc) is 2.28. The molecule has 0 aliphatic carbocycles. The Morgan fingerprint density at radius 3 is 2.71 bits per heavy atom. The van der Waals surface area contributed by atoms with Gasteiger partial charge in [0.15, 0.2) is 0 Å². The van der Waals surface area contributed by atoms with Crippen LogP contribution in [0.25, 0.3) is 0 Å². The lowest BCUT2D eigenvalue weighted by atomic mass is 9.95. The van der Waals surface area contributed by atoms with Crippen molar-refractivity contribution in [2.75, 3.05) is 20.3 Å². The summed E-state index contributed by atoms with van der Waals surface area (Å²) in [6.07, 6.45) is 0.852. The molecule has 0 aliphatic heterocycles. The Morgan fingerprint density at radius 1 is 1.41 bits per heavy atom. The van der Waals surface area contributed by atoms with Crippen LogP contribution in [0.2, 0.25) is 0 Å². The number of hydrogen-bond donors (Lipinski definition) is 1. The monoisotopic (exact) mass is 242 g/mol. The smallest absolute Gasteiger partial charge is 0.133 e. The quantitative estimate of drug-likeness (QED) is 0.779. The van der Waals surface area contributed by atoms with Gasteiger partial charge in [-0.05, 0) is 25.5 Å². The Morgan fingerprint density at radius 2 is 2.12 bits per heavy atom. The van der Waals surface area contributed by atoms with Crippen LogP contribution >= 0.6 is 0 Å². The van der Waals surface area contributed by atoms with Gasteiger partial charge in [0.1, 0.15) is 17.2 Å². The Kier molecular flexibility index (Phi) is 4.90. The van der Waals surface area contributed by atoms with Crippen molar-refractivity contribution in [3.63, 3.8) is 0 Å². The summed E-state index contributed by atoms with van der Waals surface area (Å²) in [6.45, 7) is 4.06. The van der Waals surface area contributed by atoms with E-state index in [2.05, 4.69) is 0 Å². The van der Waals surface area contributed by atoms with E-state index in [1.807, 2.05) is 6.92 Å². The molecule has 1 aromatic carbocycles. The van der Waals surface area contributed by atoms with Crippen molar-refractivity contribution < 1.29 is 19.0 Å². The van der Waals surface area contributed by atoms with Gasteiger partial charge in [-0.25, -0.2) is 4.39 Å². The first-order valence-corrected chi connectivity index (χ1v) is 5.66. The van der Waals surface area contributed by atoms with Crippen molar-refractivity contribution in [3.8, 4) is 5.75 Å². The zero-order valence-corrected chi connectivity index (χ0v) is 10.5. The summed E-state index contributed by atoms with van der Waals surface area (Å²) in [5.74, 6) is -0.162. The van der Waals surface area contributed by atoms with Crippen LogP contribution < -0.4 is 4.74 Å². The summed E-state index contributed by atoms with van der Waals surface area (Å²) >= 11 is 0. The fraction of sp³-hybridized carbons (Fsp3) is 0.538. The molecule has 4 heteroatoms. The highest BCUT2D eigenvalue weighted by Crippen LogP contribution is 2.32. The van der Waals surface area contributed by atoms with E-state index in [0.29, 0.717) is 12.4 Å². The highest BCUT2D eigenvalue weighted by atomic mass is 19.1. The molecule has 0 bridgehead atoms. The SMILES string of the molecule is CCCOCC(C)(O)c1c(F)cccc1OC. The van der Waals surface area contributed by atoms with E-state index >= 15 is 0 Å². The van der Waals surface area contributed by atoms with Crippen LogP contribution in [-0.4, -0.2) is 25.4 Å². The van der Waals surface area contributed by atoms with E-state index in [1.165, 1.54) is 20.1 Å². The highest BCUT2D eigenvalue weighted by molar-refractivity contribution is 5.38. The molecule has 0 radical (unpaired) electrons. The largest absolute Gasteiger partial charge is 0.496 e. The fourth-order valence-corrected chi connectivity index (χ4v) is 1.68. The van der Waals surface area contributed by atoms with Crippen molar-refractivity contribution in [1.82, 2.24) is 0 Å². The minimum absolute atomic E-state index is 0.0398. The molecule has 1 N–H and O–H groups in total. The number of aliphatic hydroxyl groups is 1. The first kappa shape index (κ1) is 13.9. The lowest BCUT2D eigenvalue weighted by Gasteiger charge is -2.25. The van der Waals surface area contributed by atoms with Gasteiger partial charge in [-0.2, -0.15) is 0 Å². The predicted molar refractivity (Wildman–Crippen MR) is 63.6 cm³/mol. The maximum Gasteiger partial charge on any atom is 0.133 e. The summed E-state index contributed by atoms with van der Waals surface area (Å²) in [6, 6.07) is 4.46. The molecule has 0 heterocycles. The molecule has 0 aliphatic rings. The lowest BCUT2D eigenvalue weighted by Crippen LogP contribution is -2.30. The number of methoxy groups -OCH3 is 1. The number of halogens is 1. The molecular formula is C13H19FO3. The summed E-state index contributed by atoms with van der Waals surface area (Å²) in [5.41, 5.74) is -1.26. The summed E-state index contributed by atoms with van der Waals surface area (Å²) in [4.78, 5) is 0. The van der Waals surface area contributed by atoms with E-state index in [4.69, 9.17) is 9.47 Å². The Balaban J connectivity index is 2.96. The van der Waals surface area contributed by atoms with E-state index in [0.717, 1.165) is 6.42 Å². The van der Waals surface area contributed by atoms with E-state index in [-0.39, 0.29) is 12.2 Å². The molecule has 17 heavy (non-hydrogen) atoms. The molecule has 3 nitrogen and oxygen atoms in total. The summed E-state index contributed by atoms with van der Waals surface area (Å²) in [7, 11) is 1.45. The molecular weight excluding hydrogens is 223 g/mol. The minimum Gasteiger partial charge on any atom is -0.496 e. The standard InChI is InChI=1S/C13H19FO3/c1-4-8-17-9-13(2,15)12-10(14)6-5-7-11(12)16-3/h5-7,15H,4,8-9H2,1-3H3. The number of rotatable bonds is 6. The second kappa shape index (κ2) is 5.98. The fourth-order valence-electron chi connectivity index (χ4n) is 1.68. The highest BCUT2D eigenvalue weighted by Gasteiger charge is 2.30. The second-order valence-corrected chi connectivity index (χ2v) is 4.14. The first-order valence-electron chi connectivity index (χ1n) is 5.66. The van der Waals surface area contributed by atoms with Crippen molar-refractivity contribution in [2.45, 2.75) is 25.9 Å². The van der Waals surface area contributed by atoms with Gasteiger partial charge >= 0.3 is 0 Å². The zero-order valence-electron chi connectivity index (χ0n) is 10.5. The van der Waals surface area contributed by atoms with Crippen LogP contribution in [0, 0.1) is 5.82 Å². The molecule has 0 saturated heterocycles. The molecule has 1 unspecified atom stereocenters. The minimum atomic E-state index is -1.40. The number of hydrogen-bond acceptors (Lipinski definition) is 3. The number of ether oxygens (including phenoxy) is 2. The van der Waals surface area contributed by atoms with Gasteiger partial charge in [0.05, 0.1) is 19.3 Å². The third kappa shape index (κ3) is 3.41. The maximum atomic E-state index is 13.7. The van der Waals surface area contributed by atoms with Gasteiger partial charge in [0.25, 0.3) is 0 Å². The molecule has 1 aromatic rings. The van der Waals surface area contributed by atoms with Gasteiger partial charge in [0, 0.05) is 6.61 Å². The normalized spacial score (nSPS) is 14.4. The van der Waals surface area contributed by atoms with E-state index in [9.17, 15) is 9.50 Å². The third-order valence-corrected chi connectivity index (χ3v) is 2.47. The molecule has 1 atom stereocenters. The van der Waals surface area contributed by atoms with Crippen molar-refractivity contribution in [3.05, 3.63) is 29.6 Å². The van der Waals surface area contributed by atoms with Crippen LogP contribution in [0.5, 0.6) is 5.75 Å². The van der Waals surface area contributed by atoms with Crippen LogP contribution in [0.3, 0.4) is 0 Å². The van der Waals surface area contributed by atoms with Gasteiger partial charge in [-0.1, -0.05) is 13.0 Å².